The molecule has 0 aliphatic heterocycles. The number of rotatable bonds is 3. The molecule has 0 aromatic heterocycles. The zero-order valence-electron chi connectivity index (χ0n) is 18.4. The predicted molar refractivity (Wildman–Crippen MR) is 130 cm³/mol. The number of ketones is 4. The Morgan fingerprint density at radius 1 is 0.444 bits per heavy atom. The topological polar surface area (TPSA) is 114 Å². The fourth-order valence-electron chi connectivity index (χ4n) is 4.62. The van der Waals surface area contributed by atoms with E-state index in [1.54, 1.807) is 42.5 Å². The van der Waals surface area contributed by atoms with E-state index in [-0.39, 0.29) is 66.9 Å². The largest absolute Gasteiger partial charge is 0.289 e. The van der Waals surface area contributed by atoms with E-state index < -0.39 is 15.8 Å². The second-order valence-electron chi connectivity index (χ2n) is 8.48. The molecule has 0 unspecified atom stereocenters. The fraction of sp³-hybridized carbons (Fsp3) is 0. The first kappa shape index (κ1) is 21.8. The van der Waals surface area contributed by atoms with Gasteiger partial charge in [-0.25, -0.2) is 8.42 Å². The van der Waals surface area contributed by atoms with Crippen LogP contribution in [0.1, 0.15) is 63.7 Å². The molecule has 0 heterocycles. The molecule has 0 amide bonds. The van der Waals surface area contributed by atoms with Crippen molar-refractivity contribution in [2.24, 2.45) is 0 Å². The monoisotopic (exact) mass is 493 g/mol. The molecule has 36 heavy (non-hydrogen) atoms. The molecule has 0 radical (unpaired) electrons. The highest BCUT2D eigenvalue weighted by atomic mass is 32.2. The Bertz CT molecular complexity index is 1800. The number of carbonyl (C=O) groups excluding carboxylic acids is 4. The SMILES string of the molecule is O=C1c2ccccc2C(=O)c2cc(NS(=O)(=O)c3ccc4c(c3)C(=O)c3ccccc3C4=O)ccc21. The van der Waals surface area contributed by atoms with Gasteiger partial charge < -0.3 is 0 Å². The Kier molecular flexibility index (Phi) is 4.64. The number of nitrogens with one attached hydrogen (secondary N) is 1. The third-order valence-corrected chi connectivity index (χ3v) is 7.76. The molecule has 2 aliphatic rings. The van der Waals surface area contributed by atoms with Gasteiger partial charge >= 0.3 is 0 Å². The summed E-state index contributed by atoms with van der Waals surface area (Å²) in [6, 6.07) is 20.7. The lowest BCUT2D eigenvalue weighted by atomic mass is 9.84. The van der Waals surface area contributed by atoms with E-state index in [0.29, 0.717) is 5.56 Å². The second-order valence-corrected chi connectivity index (χ2v) is 10.2. The van der Waals surface area contributed by atoms with Gasteiger partial charge in [0.05, 0.1) is 4.90 Å². The second kappa shape index (κ2) is 7.66. The van der Waals surface area contributed by atoms with Gasteiger partial charge in [0.25, 0.3) is 10.0 Å². The highest BCUT2D eigenvalue weighted by Crippen LogP contribution is 2.32. The van der Waals surface area contributed by atoms with Crippen LogP contribution < -0.4 is 4.72 Å². The molecule has 0 bridgehead atoms. The highest BCUT2D eigenvalue weighted by molar-refractivity contribution is 7.92. The molecule has 6 rings (SSSR count). The Morgan fingerprint density at radius 2 is 0.833 bits per heavy atom. The number of fused-ring (bicyclic) bond motifs is 4. The van der Waals surface area contributed by atoms with Crippen LogP contribution in [-0.4, -0.2) is 31.6 Å². The van der Waals surface area contributed by atoms with Crippen LogP contribution in [0.4, 0.5) is 5.69 Å². The number of anilines is 1. The number of hydrogen-bond acceptors (Lipinski definition) is 6. The summed E-state index contributed by atoms with van der Waals surface area (Å²) in [6.07, 6.45) is 0. The maximum absolute atomic E-state index is 13.2. The molecule has 4 aromatic rings. The molecule has 4 aromatic carbocycles. The summed E-state index contributed by atoms with van der Waals surface area (Å²) in [5, 5.41) is 0. The van der Waals surface area contributed by atoms with Crippen molar-refractivity contribution in [3.05, 3.63) is 129 Å². The highest BCUT2D eigenvalue weighted by Gasteiger charge is 2.32. The third kappa shape index (κ3) is 3.15. The van der Waals surface area contributed by atoms with Crippen LogP contribution in [0.5, 0.6) is 0 Å². The van der Waals surface area contributed by atoms with Crippen LogP contribution >= 0.6 is 0 Å². The van der Waals surface area contributed by atoms with Crippen LogP contribution in [-0.2, 0) is 10.0 Å². The zero-order chi connectivity index (χ0) is 25.2. The molecule has 0 saturated carbocycles. The van der Waals surface area contributed by atoms with Crippen molar-refractivity contribution in [3.8, 4) is 0 Å². The van der Waals surface area contributed by atoms with Gasteiger partial charge in [-0.2, -0.15) is 0 Å². The van der Waals surface area contributed by atoms with Crippen molar-refractivity contribution < 1.29 is 27.6 Å². The molecule has 0 atom stereocenters. The van der Waals surface area contributed by atoms with E-state index in [1.165, 1.54) is 42.5 Å². The molecule has 0 fully saturated rings. The standard InChI is InChI=1S/C28H15NO6S/c30-25-17-5-1-3-7-19(17)27(32)23-13-15(9-11-21(23)25)29-36(34,35)16-10-12-22-24(14-16)28(33)20-8-4-2-6-18(20)26(22)31/h1-14,29H. The first-order chi connectivity index (χ1) is 17.3. The fourth-order valence-corrected chi connectivity index (χ4v) is 5.70. The third-order valence-electron chi connectivity index (χ3n) is 6.38. The van der Waals surface area contributed by atoms with E-state index in [9.17, 15) is 27.6 Å². The van der Waals surface area contributed by atoms with E-state index in [4.69, 9.17) is 0 Å². The predicted octanol–water partition coefficient (Wildman–Crippen LogP) is 4.04. The van der Waals surface area contributed by atoms with Gasteiger partial charge in [0.2, 0.25) is 0 Å². The Morgan fingerprint density at radius 3 is 1.33 bits per heavy atom. The van der Waals surface area contributed by atoms with Gasteiger partial charge in [0, 0.05) is 50.2 Å². The van der Waals surface area contributed by atoms with Crippen LogP contribution in [0.25, 0.3) is 0 Å². The van der Waals surface area contributed by atoms with Crippen LogP contribution in [0.3, 0.4) is 0 Å². The van der Waals surface area contributed by atoms with Crippen molar-refractivity contribution >= 4 is 38.8 Å². The maximum Gasteiger partial charge on any atom is 0.261 e. The summed E-state index contributed by atoms with van der Waals surface area (Å²) in [4.78, 5) is 51.3. The van der Waals surface area contributed by atoms with E-state index >= 15 is 0 Å². The minimum Gasteiger partial charge on any atom is -0.289 e. The van der Waals surface area contributed by atoms with E-state index in [0.717, 1.165) is 0 Å². The van der Waals surface area contributed by atoms with Crippen LogP contribution in [0.15, 0.2) is 89.8 Å². The number of benzene rings is 4. The summed E-state index contributed by atoms with van der Waals surface area (Å²) in [5.74, 6) is -1.48. The van der Waals surface area contributed by atoms with Gasteiger partial charge in [-0.1, -0.05) is 48.5 Å². The lowest BCUT2D eigenvalue weighted by Gasteiger charge is -2.19. The molecule has 7 nitrogen and oxygen atoms in total. The molecular weight excluding hydrogens is 478 g/mol. The quantitative estimate of drug-likeness (QED) is 0.398. The summed E-state index contributed by atoms with van der Waals surface area (Å²) < 4.78 is 28.8. The van der Waals surface area contributed by atoms with Crippen LogP contribution in [0, 0.1) is 0 Å². The van der Waals surface area contributed by atoms with Crippen molar-refractivity contribution in [1.29, 1.82) is 0 Å². The lowest BCUT2D eigenvalue weighted by molar-refractivity contribution is 0.0979. The van der Waals surface area contributed by atoms with Crippen molar-refractivity contribution in [3.63, 3.8) is 0 Å². The molecule has 174 valence electrons. The van der Waals surface area contributed by atoms with Gasteiger partial charge in [-0.3, -0.25) is 23.9 Å². The minimum atomic E-state index is -4.19. The maximum atomic E-state index is 13.2. The number of carbonyl (C=O) groups is 4. The molecule has 1 N–H and O–H groups in total. The van der Waals surface area contributed by atoms with E-state index in [2.05, 4.69) is 4.72 Å². The zero-order valence-corrected chi connectivity index (χ0v) is 19.3. The summed E-state index contributed by atoms with van der Waals surface area (Å²) in [7, 11) is -4.19. The van der Waals surface area contributed by atoms with E-state index in [1.807, 2.05) is 0 Å². The average Bonchev–Trinajstić information content (AvgIpc) is 2.90. The molecule has 0 saturated heterocycles. The lowest BCUT2D eigenvalue weighted by Crippen LogP contribution is -2.23. The Hall–Kier alpha value is -4.69. The van der Waals surface area contributed by atoms with Gasteiger partial charge in [0.1, 0.15) is 0 Å². The number of sulfonamides is 1. The first-order valence-corrected chi connectivity index (χ1v) is 12.4. The molecule has 2 aliphatic carbocycles. The van der Waals surface area contributed by atoms with Crippen LogP contribution in [0.2, 0.25) is 0 Å². The van der Waals surface area contributed by atoms with Gasteiger partial charge in [0.15, 0.2) is 23.1 Å². The van der Waals surface area contributed by atoms with Crippen molar-refractivity contribution in [2.45, 2.75) is 4.90 Å². The molecule has 0 spiro atoms. The summed E-state index contributed by atoms with van der Waals surface area (Å²) in [6.45, 7) is 0. The molecular formula is C28H15NO6S. The smallest absolute Gasteiger partial charge is 0.261 e. The molecule has 8 heteroatoms. The minimum absolute atomic E-state index is 0.00407. The van der Waals surface area contributed by atoms with Gasteiger partial charge in [-0.15, -0.1) is 0 Å². The summed E-state index contributed by atoms with van der Waals surface area (Å²) in [5.41, 5.74) is 1.57. The number of hydrogen-bond donors (Lipinski definition) is 1. The normalized spacial score (nSPS) is 14.0. The summed E-state index contributed by atoms with van der Waals surface area (Å²) >= 11 is 0. The van der Waals surface area contributed by atoms with Crippen molar-refractivity contribution in [2.75, 3.05) is 4.72 Å². The first-order valence-electron chi connectivity index (χ1n) is 10.9. The average molecular weight is 493 g/mol. The van der Waals surface area contributed by atoms with Gasteiger partial charge in [-0.05, 0) is 36.4 Å². The Balaban J connectivity index is 1.36. The van der Waals surface area contributed by atoms with Crippen molar-refractivity contribution in [1.82, 2.24) is 0 Å². The Labute approximate surface area is 205 Å².